The number of piperidine rings is 2. The summed E-state index contributed by atoms with van der Waals surface area (Å²) in [4.78, 5) is 16.6. The van der Waals surface area contributed by atoms with Crippen molar-refractivity contribution in [3.8, 4) is 0 Å². The van der Waals surface area contributed by atoms with Crippen molar-refractivity contribution in [2.75, 3.05) is 32.4 Å². The molecule has 3 aliphatic rings. The van der Waals surface area contributed by atoms with Gasteiger partial charge in [-0.1, -0.05) is 0 Å². The second-order valence-electron chi connectivity index (χ2n) is 9.78. The topological polar surface area (TPSA) is 66.9 Å². The number of sulfone groups is 1. The SMILES string of the molecule is CC(C)(C)OC(=O)N1CCC([C@H]2CCCN(C3CC(S(C)(=O)=O)C3)C2)CC1. The van der Waals surface area contributed by atoms with Gasteiger partial charge in [0.05, 0.1) is 5.25 Å². The lowest BCUT2D eigenvalue weighted by atomic mass is 9.78. The van der Waals surface area contributed by atoms with Gasteiger partial charge in [-0.2, -0.15) is 0 Å². The molecule has 27 heavy (non-hydrogen) atoms. The fourth-order valence-electron chi connectivity index (χ4n) is 4.82. The van der Waals surface area contributed by atoms with Gasteiger partial charge in [-0.15, -0.1) is 0 Å². The standard InChI is InChI=1S/C20H36N2O4S/c1-20(2,3)26-19(23)21-10-7-15(8-11-21)16-6-5-9-22(14-16)17-12-18(13-17)27(4,24)25/h15-18H,5-14H2,1-4H3/t16-,17?,18?/m0/s1. The van der Waals surface area contributed by atoms with Crippen molar-refractivity contribution >= 4 is 15.9 Å². The summed E-state index contributed by atoms with van der Waals surface area (Å²) in [7, 11) is -2.88. The summed E-state index contributed by atoms with van der Waals surface area (Å²) in [5.74, 6) is 1.34. The van der Waals surface area contributed by atoms with Crippen LogP contribution in [0.4, 0.5) is 4.79 Å². The first-order chi connectivity index (χ1) is 12.5. The summed E-state index contributed by atoms with van der Waals surface area (Å²) in [6.45, 7) is 9.49. The molecule has 0 aromatic heterocycles. The Kier molecular flexibility index (Phi) is 6.11. The second kappa shape index (κ2) is 7.90. The Balaban J connectivity index is 1.45. The molecule has 2 heterocycles. The van der Waals surface area contributed by atoms with Crippen LogP contribution in [0.3, 0.4) is 0 Å². The molecule has 156 valence electrons. The molecule has 2 aliphatic heterocycles. The van der Waals surface area contributed by atoms with Crippen LogP contribution in [0.25, 0.3) is 0 Å². The minimum Gasteiger partial charge on any atom is -0.444 e. The lowest BCUT2D eigenvalue weighted by molar-refractivity contribution is 0.00866. The molecule has 0 unspecified atom stereocenters. The smallest absolute Gasteiger partial charge is 0.410 e. The first-order valence-electron chi connectivity index (χ1n) is 10.4. The maximum atomic E-state index is 12.2. The highest BCUT2D eigenvalue weighted by Crippen LogP contribution is 2.37. The normalized spacial score (nSPS) is 31.4. The number of hydrogen-bond acceptors (Lipinski definition) is 5. The molecule has 0 N–H and O–H groups in total. The number of nitrogens with zero attached hydrogens (tertiary/aromatic N) is 2. The third kappa shape index (κ3) is 5.37. The average Bonchev–Trinajstić information content (AvgIpc) is 2.51. The second-order valence-corrected chi connectivity index (χ2v) is 12.1. The summed E-state index contributed by atoms with van der Waals surface area (Å²) < 4.78 is 28.8. The molecule has 0 aromatic rings. The highest BCUT2D eigenvalue weighted by atomic mass is 32.2. The van der Waals surface area contributed by atoms with Gasteiger partial charge in [-0.3, -0.25) is 0 Å². The van der Waals surface area contributed by atoms with Gasteiger partial charge in [-0.05, 0) is 77.7 Å². The molecule has 6 nitrogen and oxygen atoms in total. The van der Waals surface area contributed by atoms with E-state index in [4.69, 9.17) is 4.74 Å². The molecule has 3 fully saturated rings. The van der Waals surface area contributed by atoms with Gasteiger partial charge >= 0.3 is 6.09 Å². The molecule has 0 aromatic carbocycles. The van der Waals surface area contributed by atoms with E-state index in [9.17, 15) is 13.2 Å². The van der Waals surface area contributed by atoms with E-state index in [0.717, 1.165) is 51.9 Å². The molecule has 0 radical (unpaired) electrons. The van der Waals surface area contributed by atoms with Crippen LogP contribution < -0.4 is 0 Å². The van der Waals surface area contributed by atoms with Gasteiger partial charge in [0, 0.05) is 31.9 Å². The van der Waals surface area contributed by atoms with Crippen LogP contribution in [-0.2, 0) is 14.6 Å². The van der Waals surface area contributed by atoms with Crippen molar-refractivity contribution in [3.63, 3.8) is 0 Å². The van der Waals surface area contributed by atoms with Gasteiger partial charge in [0.1, 0.15) is 15.4 Å². The summed E-state index contributed by atoms with van der Waals surface area (Å²) >= 11 is 0. The minimum atomic E-state index is -2.88. The molecule has 0 spiro atoms. The van der Waals surface area contributed by atoms with Crippen LogP contribution in [0.15, 0.2) is 0 Å². The maximum absolute atomic E-state index is 12.2. The third-order valence-corrected chi connectivity index (χ3v) is 8.13. The number of rotatable bonds is 3. The van der Waals surface area contributed by atoms with Gasteiger partial charge in [-0.25, -0.2) is 13.2 Å². The molecule has 2 saturated heterocycles. The maximum Gasteiger partial charge on any atom is 0.410 e. The Morgan fingerprint density at radius 3 is 2.19 bits per heavy atom. The van der Waals surface area contributed by atoms with Crippen molar-refractivity contribution in [1.29, 1.82) is 0 Å². The van der Waals surface area contributed by atoms with Gasteiger partial charge in [0.25, 0.3) is 0 Å². The van der Waals surface area contributed by atoms with E-state index in [1.165, 1.54) is 19.1 Å². The highest BCUT2D eigenvalue weighted by molar-refractivity contribution is 7.91. The molecular formula is C20H36N2O4S. The largest absolute Gasteiger partial charge is 0.444 e. The Morgan fingerprint density at radius 2 is 1.63 bits per heavy atom. The van der Waals surface area contributed by atoms with E-state index < -0.39 is 15.4 Å². The van der Waals surface area contributed by atoms with Crippen LogP contribution in [0.2, 0.25) is 0 Å². The molecule has 1 amide bonds. The zero-order valence-corrected chi connectivity index (χ0v) is 18.1. The van der Waals surface area contributed by atoms with E-state index in [-0.39, 0.29) is 11.3 Å². The number of hydrogen-bond donors (Lipinski definition) is 0. The van der Waals surface area contributed by atoms with E-state index in [2.05, 4.69) is 4.90 Å². The number of carbonyl (C=O) groups is 1. The van der Waals surface area contributed by atoms with Crippen molar-refractivity contribution in [3.05, 3.63) is 0 Å². The van der Waals surface area contributed by atoms with Crippen molar-refractivity contribution < 1.29 is 17.9 Å². The van der Waals surface area contributed by atoms with Gasteiger partial charge in [0.2, 0.25) is 0 Å². The van der Waals surface area contributed by atoms with Crippen LogP contribution in [0.1, 0.15) is 59.3 Å². The van der Waals surface area contributed by atoms with Crippen LogP contribution in [-0.4, -0.2) is 73.6 Å². The Bertz CT molecular complexity index is 629. The van der Waals surface area contributed by atoms with Crippen molar-refractivity contribution in [2.24, 2.45) is 11.8 Å². The van der Waals surface area contributed by atoms with Crippen molar-refractivity contribution in [2.45, 2.75) is 76.2 Å². The summed E-state index contributed by atoms with van der Waals surface area (Å²) in [5, 5.41) is -0.125. The molecule has 0 bridgehead atoms. The number of amides is 1. The van der Waals surface area contributed by atoms with Gasteiger partial charge < -0.3 is 14.5 Å². The van der Waals surface area contributed by atoms with E-state index in [1.54, 1.807) is 0 Å². The number of ether oxygens (including phenoxy) is 1. The average molecular weight is 401 g/mol. The quantitative estimate of drug-likeness (QED) is 0.729. The molecular weight excluding hydrogens is 364 g/mol. The third-order valence-electron chi connectivity index (χ3n) is 6.54. The molecule has 3 rings (SSSR count). The summed E-state index contributed by atoms with van der Waals surface area (Å²) in [5.41, 5.74) is -0.440. The zero-order chi connectivity index (χ0) is 19.8. The minimum absolute atomic E-state index is 0.125. The van der Waals surface area contributed by atoms with E-state index in [0.29, 0.717) is 17.9 Å². The fraction of sp³-hybridized carbons (Fsp3) is 0.950. The van der Waals surface area contributed by atoms with Crippen LogP contribution in [0.5, 0.6) is 0 Å². The summed E-state index contributed by atoms with van der Waals surface area (Å²) in [6.07, 6.45) is 7.36. The molecule has 1 saturated carbocycles. The van der Waals surface area contributed by atoms with Crippen LogP contribution >= 0.6 is 0 Å². The molecule has 7 heteroatoms. The van der Waals surface area contributed by atoms with E-state index in [1.807, 2.05) is 25.7 Å². The summed E-state index contributed by atoms with van der Waals surface area (Å²) in [6, 6.07) is 0.453. The molecule has 1 aliphatic carbocycles. The number of likely N-dealkylation sites (tertiary alicyclic amines) is 2. The zero-order valence-electron chi connectivity index (χ0n) is 17.3. The van der Waals surface area contributed by atoms with E-state index >= 15 is 0 Å². The van der Waals surface area contributed by atoms with Gasteiger partial charge in [0.15, 0.2) is 0 Å². The monoisotopic (exact) mass is 400 g/mol. The number of carbonyl (C=O) groups excluding carboxylic acids is 1. The molecule has 1 atom stereocenters. The Morgan fingerprint density at radius 1 is 1.00 bits per heavy atom. The lowest BCUT2D eigenvalue weighted by Crippen LogP contribution is -2.54. The lowest BCUT2D eigenvalue weighted by Gasteiger charge is -2.47. The first kappa shape index (κ1) is 20.9. The fourth-order valence-corrected chi connectivity index (χ4v) is 5.97. The first-order valence-corrected chi connectivity index (χ1v) is 12.4. The predicted molar refractivity (Wildman–Crippen MR) is 106 cm³/mol. The Hall–Kier alpha value is -0.820. The van der Waals surface area contributed by atoms with Crippen LogP contribution in [0, 0.1) is 11.8 Å². The van der Waals surface area contributed by atoms with Crippen molar-refractivity contribution in [1.82, 2.24) is 9.80 Å². The Labute approximate surface area is 164 Å². The predicted octanol–water partition coefficient (Wildman–Crippen LogP) is 2.92. The highest BCUT2D eigenvalue weighted by Gasteiger charge is 2.41.